The quantitative estimate of drug-likeness (QED) is 0.751. The molecule has 0 aromatic carbocycles. The van der Waals surface area contributed by atoms with Crippen molar-refractivity contribution in [1.82, 2.24) is 19.2 Å². The van der Waals surface area contributed by atoms with E-state index in [4.69, 9.17) is 4.74 Å². The predicted octanol–water partition coefficient (Wildman–Crippen LogP) is 0.829. The van der Waals surface area contributed by atoms with Gasteiger partial charge in [-0.3, -0.25) is 9.78 Å². The Morgan fingerprint density at radius 1 is 1.33 bits per heavy atom. The van der Waals surface area contributed by atoms with Crippen LogP contribution in [0.2, 0.25) is 0 Å². The van der Waals surface area contributed by atoms with Gasteiger partial charge >= 0.3 is 0 Å². The van der Waals surface area contributed by atoms with Crippen LogP contribution in [-0.2, 0) is 14.8 Å². The second-order valence-electron chi connectivity index (χ2n) is 8.32. The largest absolute Gasteiger partial charge is 0.365 e. The molecule has 27 heavy (non-hydrogen) atoms. The molecule has 0 N–H and O–H groups in total. The van der Waals surface area contributed by atoms with Crippen LogP contribution < -0.4 is 0 Å². The molecule has 0 unspecified atom stereocenters. The third-order valence-electron chi connectivity index (χ3n) is 5.75. The minimum absolute atomic E-state index is 0.214. The zero-order valence-corrected chi connectivity index (χ0v) is 16.8. The first kappa shape index (κ1) is 18.8. The van der Waals surface area contributed by atoms with Gasteiger partial charge in [-0.1, -0.05) is 13.8 Å². The Labute approximate surface area is 160 Å². The number of hydrogen-bond acceptors (Lipinski definition) is 6. The summed E-state index contributed by atoms with van der Waals surface area (Å²) >= 11 is 0. The lowest BCUT2D eigenvalue weighted by atomic mass is 9.99. The number of amides is 1. The van der Waals surface area contributed by atoms with Crippen molar-refractivity contribution in [2.24, 2.45) is 5.92 Å². The third kappa shape index (κ3) is 3.15. The van der Waals surface area contributed by atoms with E-state index in [9.17, 15) is 13.2 Å². The number of carbonyl (C=O) groups is 1. The van der Waals surface area contributed by atoms with Crippen molar-refractivity contribution in [1.29, 1.82) is 0 Å². The second-order valence-corrected chi connectivity index (χ2v) is 10.4. The van der Waals surface area contributed by atoms with Gasteiger partial charge in [-0.15, -0.1) is 0 Å². The lowest BCUT2D eigenvalue weighted by molar-refractivity contribution is -0.0978. The molecule has 8 nitrogen and oxygen atoms in total. The molecule has 2 bridgehead atoms. The lowest BCUT2D eigenvalue weighted by Crippen LogP contribution is -2.56. The van der Waals surface area contributed by atoms with Gasteiger partial charge in [0.05, 0.1) is 24.5 Å². The molecule has 3 fully saturated rings. The molecule has 4 rings (SSSR count). The topological polar surface area (TPSA) is 92.7 Å². The van der Waals surface area contributed by atoms with Crippen LogP contribution in [0, 0.1) is 12.8 Å². The van der Waals surface area contributed by atoms with Gasteiger partial charge < -0.3 is 9.64 Å². The zero-order valence-electron chi connectivity index (χ0n) is 16.0. The number of aromatic nitrogens is 2. The van der Waals surface area contributed by atoms with Crippen LogP contribution in [0.4, 0.5) is 0 Å². The molecule has 3 aliphatic heterocycles. The van der Waals surface area contributed by atoms with E-state index >= 15 is 0 Å². The predicted molar refractivity (Wildman–Crippen MR) is 98.6 cm³/mol. The molecule has 0 radical (unpaired) electrons. The van der Waals surface area contributed by atoms with Gasteiger partial charge in [0.2, 0.25) is 10.0 Å². The van der Waals surface area contributed by atoms with Crippen LogP contribution in [-0.4, -0.2) is 76.6 Å². The van der Waals surface area contributed by atoms with E-state index in [-0.39, 0.29) is 24.2 Å². The zero-order chi connectivity index (χ0) is 19.4. The lowest BCUT2D eigenvalue weighted by Gasteiger charge is -2.39. The number of fused-ring (bicyclic) bond motifs is 1. The van der Waals surface area contributed by atoms with Crippen molar-refractivity contribution in [3.8, 4) is 0 Å². The summed E-state index contributed by atoms with van der Waals surface area (Å²) in [6.07, 6.45) is 4.06. The maximum absolute atomic E-state index is 13.0. The number of sulfonamides is 1. The number of aryl methyl sites for hydroxylation is 1. The van der Waals surface area contributed by atoms with Crippen LogP contribution in [0.15, 0.2) is 12.4 Å². The molecule has 148 valence electrons. The highest BCUT2D eigenvalue weighted by atomic mass is 32.2. The minimum atomic E-state index is -3.40. The molecule has 1 spiro atoms. The molecule has 3 atom stereocenters. The Hall–Kier alpha value is -1.58. The van der Waals surface area contributed by atoms with Crippen molar-refractivity contribution in [2.75, 3.05) is 26.2 Å². The summed E-state index contributed by atoms with van der Waals surface area (Å²) in [6.45, 7) is 7.48. The first-order valence-corrected chi connectivity index (χ1v) is 11.0. The van der Waals surface area contributed by atoms with Gasteiger partial charge in [0.1, 0.15) is 16.5 Å². The van der Waals surface area contributed by atoms with Crippen LogP contribution in [0.5, 0.6) is 0 Å². The monoisotopic (exact) mass is 394 g/mol. The van der Waals surface area contributed by atoms with Crippen LogP contribution in [0.1, 0.15) is 42.9 Å². The summed E-state index contributed by atoms with van der Waals surface area (Å²) in [5, 5.41) is -0.566. The number of hydrogen-bond donors (Lipinski definition) is 0. The summed E-state index contributed by atoms with van der Waals surface area (Å²) < 4.78 is 33.8. The molecule has 3 saturated heterocycles. The van der Waals surface area contributed by atoms with Gasteiger partial charge in [0.15, 0.2) is 0 Å². The summed E-state index contributed by atoms with van der Waals surface area (Å²) in [6, 6.07) is 0. The van der Waals surface area contributed by atoms with Gasteiger partial charge in [0.25, 0.3) is 5.91 Å². The summed E-state index contributed by atoms with van der Waals surface area (Å²) in [7, 11) is -3.40. The highest BCUT2D eigenvalue weighted by Crippen LogP contribution is 2.46. The second kappa shape index (κ2) is 6.49. The van der Waals surface area contributed by atoms with Gasteiger partial charge in [-0.05, 0) is 25.7 Å². The highest BCUT2D eigenvalue weighted by molar-refractivity contribution is 7.90. The molecule has 4 heterocycles. The Balaban J connectivity index is 1.56. The van der Waals surface area contributed by atoms with Crippen molar-refractivity contribution in [3.63, 3.8) is 0 Å². The Bertz CT molecular complexity index is 841. The van der Waals surface area contributed by atoms with E-state index in [0.717, 1.165) is 12.1 Å². The Kier molecular flexibility index (Phi) is 4.51. The van der Waals surface area contributed by atoms with E-state index in [2.05, 4.69) is 23.8 Å². The van der Waals surface area contributed by atoms with Crippen molar-refractivity contribution >= 4 is 15.9 Å². The molecule has 0 saturated carbocycles. The van der Waals surface area contributed by atoms with Crippen molar-refractivity contribution in [3.05, 3.63) is 23.8 Å². The highest BCUT2D eigenvalue weighted by Gasteiger charge is 2.65. The molecule has 0 aliphatic carbocycles. The maximum Gasteiger partial charge on any atom is 0.274 e. The van der Waals surface area contributed by atoms with Crippen molar-refractivity contribution < 1.29 is 17.9 Å². The van der Waals surface area contributed by atoms with Crippen LogP contribution in [0.25, 0.3) is 0 Å². The van der Waals surface area contributed by atoms with Gasteiger partial charge in [-0.2, -0.15) is 4.31 Å². The number of carbonyl (C=O) groups excluding carboxylic acids is 1. The fourth-order valence-electron chi connectivity index (χ4n) is 4.37. The molecule has 9 heteroatoms. The number of nitrogens with zero attached hydrogens (tertiary/aromatic N) is 4. The average Bonchev–Trinajstić information content (AvgIpc) is 2.98. The molecule has 1 aromatic heterocycles. The third-order valence-corrected chi connectivity index (χ3v) is 8.13. The van der Waals surface area contributed by atoms with Gasteiger partial charge in [0, 0.05) is 25.8 Å². The smallest absolute Gasteiger partial charge is 0.274 e. The van der Waals surface area contributed by atoms with E-state index in [1.54, 1.807) is 15.4 Å². The maximum atomic E-state index is 13.0. The Morgan fingerprint density at radius 3 is 2.78 bits per heavy atom. The van der Waals surface area contributed by atoms with Crippen LogP contribution >= 0.6 is 0 Å². The SMILES string of the molecule is Cc1cnc(C(=O)N2C[C@@H]3C[C@@H]4[C@@](C2)(CN(CCC(C)C)S4(=O)=O)O3)cn1. The van der Waals surface area contributed by atoms with Gasteiger partial charge in [-0.25, -0.2) is 13.4 Å². The first-order valence-electron chi connectivity index (χ1n) is 9.46. The van der Waals surface area contributed by atoms with E-state index in [0.29, 0.717) is 32.0 Å². The number of likely N-dealkylation sites (tertiary alicyclic amines) is 1. The number of rotatable bonds is 4. The van der Waals surface area contributed by atoms with E-state index in [1.165, 1.54) is 6.20 Å². The Morgan fingerprint density at radius 2 is 2.11 bits per heavy atom. The minimum Gasteiger partial charge on any atom is -0.365 e. The van der Waals surface area contributed by atoms with E-state index in [1.807, 2.05) is 6.92 Å². The summed E-state index contributed by atoms with van der Waals surface area (Å²) in [5.41, 5.74) is 0.203. The molecular formula is C18H26N4O4S. The normalized spacial score (nSPS) is 32.1. The fourth-order valence-corrected chi connectivity index (χ4v) is 6.70. The van der Waals surface area contributed by atoms with Crippen molar-refractivity contribution in [2.45, 2.75) is 50.6 Å². The number of morpholine rings is 1. The summed E-state index contributed by atoms with van der Waals surface area (Å²) in [5.74, 6) is 0.213. The number of ether oxygens (including phenoxy) is 1. The standard InChI is InChI=1S/C18H26N4O4S/c1-12(2)4-5-22-11-18-10-21(17(23)15-8-19-13(3)7-20-15)9-14(26-18)6-16(18)27(22,24)25/h7-8,12,14,16H,4-6,9-11H2,1-3H3/t14-,16+,18+/m0/s1. The molecular weight excluding hydrogens is 368 g/mol. The van der Waals surface area contributed by atoms with Crippen LogP contribution in [0.3, 0.4) is 0 Å². The fraction of sp³-hybridized carbons (Fsp3) is 0.722. The molecule has 1 aromatic rings. The average molecular weight is 394 g/mol. The first-order chi connectivity index (χ1) is 12.7. The summed E-state index contributed by atoms with van der Waals surface area (Å²) in [4.78, 5) is 22.9. The van der Waals surface area contributed by atoms with E-state index < -0.39 is 20.9 Å². The molecule has 1 amide bonds. The molecule has 3 aliphatic rings.